The second-order valence-electron chi connectivity index (χ2n) is 5.18. The molecule has 0 unspecified atom stereocenters. The van der Waals surface area contributed by atoms with Crippen LogP contribution in [0.3, 0.4) is 0 Å². The van der Waals surface area contributed by atoms with Crippen LogP contribution < -0.4 is 5.32 Å². The highest BCUT2D eigenvalue weighted by Crippen LogP contribution is 2.35. The molecule has 2 rings (SSSR count). The molecule has 17 heavy (non-hydrogen) atoms. The van der Waals surface area contributed by atoms with Gasteiger partial charge < -0.3 is 15.4 Å². The van der Waals surface area contributed by atoms with Gasteiger partial charge in [0.05, 0.1) is 6.10 Å². The molecule has 0 bridgehead atoms. The molecule has 4 heteroatoms. The van der Waals surface area contributed by atoms with Gasteiger partial charge >= 0.3 is 0 Å². The molecule has 1 saturated carbocycles. The van der Waals surface area contributed by atoms with Crippen LogP contribution in [0.25, 0.3) is 0 Å². The van der Waals surface area contributed by atoms with Gasteiger partial charge in [0, 0.05) is 18.2 Å². The fourth-order valence-electron chi connectivity index (χ4n) is 2.44. The molecule has 3 N–H and O–H groups in total. The zero-order chi connectivity index (χ0) is 12.3. The molecular formula is C13H20N2O2. The summed E-state index contributed by atoms with van der Waals surface area (Å²) in [5.41, 5.74) is 0.388. The van der Waals surface area contributed by atoms with Crippen molar-refractivity contribution in [2.45, 2.75) is 38.7 Å². The molecule has 0 spiro atoms. The molecular weight excluding hydrogens is 216 g/mol. The first-order valence-corrected chi connectivity index (χ1v) is 6.21. The van der Waals surface area contributed by atoms with Gasteiger partial charge in [-0.2, -0.15) is 0 Å². The lowest BCUT2D eigenvalue weighted by atomic mass is 9.73. The lowest BCUT2D eigenvalue weighted by Crippen LogP contribution is -2.45. The van der Waals surface area contributed by atoms with Gasteiger partial charge in [0.2, 0.25) is 0 Å². The van der Waals surface area contributed by atoms with Crippen molar-refractivity contribution in [3.8, 4) is 0 Å². The fraction of sp³-hybridized carbons (Fsp3) is 0.615. The van der Waals surface area contributed by atoms with E-state index in [9.17, 15) is 9.90 Å². The number of rotatable bonds is 3. The quantitative estimate of drug-likeness (QED) is 0.747. The van der Waals surface area contributed by atoms with Crippen molar-refractivity contribution in [3.63, 3.8) is 0 Å². The van der Waals surface area contributed by atoms with E-state index in [0.717, 1.165) is 25.7 Å². The molecule has 0 aromatic carbocycles. The average molecular weight is 236 g/mol. The predicted molar refractivity (Wildman–Crippen MR) is 65.7 cm³/mol. The van der Waals surface area contributed by atoms with Crippen molar-refractivity contribution < 1.29 is 9.90 Å². The molecule has 1 aliphatic rings. The minimum atomic E-state index is -0.305. The Labute approximate surface area is 101 Å². The van der Waals surface area contributed by atoms with Crippen LogP contribution in [0.5, 0.6) is 0 Å². The van der Waals surface area contributed by atoms with E-state index < -0.39 is 0 Å². The van der Waals surface area contributed by atoms with Crippen LogP contribution in [0.15, 0.2) is 18.3 Å². The van der Waals surface area contributed by atoms with Crippen molar-refractivity contribution in [2.24, 2.45) is 5.41 Å². The number of H-pyrrole nitrogens is 1. The zero-order valence-electron chi connectivity index (χ0n) is 10.2. The second kappa shape index (κ2) is 4.92. The Kier molecular flexibility index (Phi) is 3.52. The number of carbonyl (C=O) groups excluding carboxylic acids is 1. The maximum Gasteiger partial charge on any atom is 0.267 e. The van der Waals surface area contributed by atoms with Gasteiger partial charge in [-0.15, -0.1) is 0 Å². The maximum absolute atomic E-state index is 11.8. The third kappa shape index (κ3) is 2.69. The van der Waals surface area contributed by atoms with Crippen LogP contribution in [-0.4, -0.2) is 28.6 Å². The van der Waals surface area contributed by atoms with Crippen LogP contribution in [0.4, 0.5) is 0 Å². The summed E-state index contributed by atoms with van der Waals surface area (Å²) in [6, 6.07) is 3.54. The largest absolute Gasteiger partial charge is 0.392 e. The molecule has 1 aliphatic carbocycles. The zero-order valence-corrected chi connectivity index (χ0v) is 10.2. The summed E-state index contributed by atoms with van der Waals surface area (Å²) in [6.07, 6.45) is 5.45. The van der Waals surface area contributed by atoms with Crippen molar-refractivity contribution in [1.29, 1.82) is 0 Å². The molecule has 1 heterocycles. The Hall–Kier alpha value is -1.29. The van der Waals surface area contributed by atoms with Crippen molar-refractivity contribution in [3.05, 3.63) is 24.0 Å². The summed E-state index contributed by atoms with van der Waals surface area (Å²) < 4.78 is 0. The third-order valence-corrected chi connectivity index (χ3v) is 3.78. The third-order valence-electron chi connectivity index (χ3n) is 3.78. The van der Waals surface area contributed by atoms with Crippen molar-refractivity contribution in [1.82, 2.24) is 10.3 Å². The number of hydrogen-bond acceptors (Lipinski definition) is 2. The number of aromatic amines is 1. The van der Waals surface area contributed by atoms with Crippen LogP contribution in [0.2, 0.25) is 0 Å². The van der Waals surface area contributed by atoms with Gasteiger partial charge in [-0.05, 0) is 25.0 Å². The first-order chi connectivity index (χ1) is 8.12. The predicted octanol–water partition coefficient (Wildman–Crippen LogP) is 1.69. The SMILES string of the molecule is C[C@@]1(CNC(=O)c2ccc[nH]2)CCCC[C@H]1O. The Morgan fingerprint density at radius 2 is 2.47 bits per heavy atom. The van der Waals surface area contributed by atoms with E-state index in [1.54, 1.807) is 18.3 Å². The highest BCUT2D eigenvalue weighted by atomic mass is 16.3. The molecule has 4 nitrogen and oxygen atoms in total. The van der Waals surface area contributed by atoms with Crippen LogP contribution in [0, 0.1) is 5.41 Å². The summed E-state index contributed by atoms with van der Waals surface area (Å²) >= 11 is 0. The molecule has 0 aliphatic heterocycles. The molecule has 1 aromatic heterocycles. The summed E-state index contributed by atoms with van der Waals surface area (Å²) in [6.45, 7) is 2.58. The Morgan fingerprint density at radius 3 is 3.12 bits per heavy atom. The first-order valence-electron chi connectivity index (χ1n) is 6.21. The van der Waals surface area contributed by atoms with Gasteiger partial charge in [0.15, 0.2) is 0 Å². The lowest BCUT2D eigenvalue weighted by molar-refractivity contribution is 0.00187. The molecule has 1 fully saturated rings. The van der Waals surface area contributed by atoms with E-state index in [-0.39, 0.29) is 17.4 Å². The number of aliphatic hydroxyl groups excluding tert-OH is 1. The molecule has 1 aromatic rings. The van der Waals surface area contributed by atoms with E-state index in [2.05, 4.69) is 10.3 Å². The Bertz CT molecular complexity index is 375. The second-order valence-corrected chi connectivity index (χ2v) is 5.18. The summed E-state index contributed by atoms with van der Waals surface area (Å²) in [4.78, 5) is 14.6. The summed E-state index contributed by atoms with van der Waals surface area (Å²) in [5, 5.41) is 12.9. The van der Waals surface area contributed by atoms with E-state index in [1.165, 1.54) is 0 Å². The van der Waals surface area contributed by atoms with E-state index >= 15 is 0 Å². The number of amides is 1. The van der Waals surface area contributed by atoms with E-state index in [4.69, 9.17) is 0 Å². The minimum absolute atomic E-state index is 0.103. The fourth-order valence-corrected chi connectivity index (χ4v) is 2.44. The number of aromatic nitrogens is 1. The van der Waals surface area contributed by atoms with Gasteiger partial charge in [0.1, 0.15) is 5.69 Å². The normalized spacial score (nSPS) is 28.9. The average Bonchev–Trinajstić information content (AvgIpc) is 2.84. The lowest BCUT2D eigenvalue weighted by Gasteiger charge is -2.38. The van der Waals surface area contributed by atoms with Gasteiger partial charge in [-0.1, -0.05) is 19.8 Å². The smallest absolute Gasteiger partial charge is 0.267 e. The maximum atomic E-state index is 11.8. The number of carbonyl (C=O) groups is 1. The van der Waals surface area contributed by atoms with Crippen LogP contribution in [0.1, 0.15) is 43.1 Å². The van der Waals surface area contributed by atoms with Gasteiger partial charge in [-0.3, -0.25) is 4.79 Å². The first kappa shape index (κ1) is 12.2. The van der Waals surface area contributed by atoms with Crippen LogP contribution in [-0.2, 0) is 0 Å². The van der Waals surface area contributed by atoms with Crippen molar-refractivity contribution >= 4 is 5.91 Å². The molecule has 0 radical (unpaired) electrons. The summed E-state index contributed by atoms with van der Waals surface area (Å²) in [7, 11) is 0. The van der Waals surface area contributed by atoms with E-state index in [0.29, 0.717) is 12.2 Å². The van der Waals surface area contributed by atoms with Crippen LogP contribution >= 0.6 is 0 Å². The highest BCUT2D eigenvalue weighted by Gasteiger charge is 2.35. The van der Waals surface area contributed by atoms with Gasteiger partial charge in [-0.25, -0.2) is 0 Å². The highest BCUT2D eigenvalue weighted by molar-refractivity contribution is 5.92. The standard InChI is InChI=1S/C13H20N2O2/c1-13(7-3-2-6-11(13)16)9-15-12(17)10-5-4-8-14-10/h4-5,8,11,14,16H,2-3,6-7,9H2,1H3,(H,15,17)/t11-,13+/m1/s1. The molecule has 1 amide bonds. The Morgan fingerprint density at radius 1 is 1.65 bits per heavy atom. The monoisotopic (exact) mass is 236 g/mol. The molecule has 0 saturated heterocycles. The number of aliphatic hydroxyl groups is 1. The topological polar surface area (TPSA) is 65.1 Å². The minimum Gasteiger partial charge on any atom is -0.392 e. The van der Waals surface area contributed by atoms with Gasteiger partial charge in [0.25, 0.3) is 5.91 Å². The number of hydrogen-bond donors (Lipinski definition) is 3. The van der Waals surface area contributed by atoms with E-state index in [1.807, 2.05) is 6.92 Å². The molecule has 94 valence electrons. The summed E-state index contributed by atoms with van der Waals surface area (Å²) in [5.74, 6) is -0.103. The Balaban J connectivity index is 1.91. The number of nitrogens with one attached hydrogen (secondary N) is 2. The molecule has 2 atom stereocenters. The van der Waals surface area contributed by atoms with Crippen molar-refractivity contribution in [2.75, 3.05) is 6.54 Å².